The number of esters is 1. The third-order valence-electron chi connectivity index (χ3n) is 5.47. The number of ether oxygens (including phenoxy) is 2. The Morgan fingerprint density at radius 2 is 2.08 bits per heavy atom. The van der Waals surface area contributed by atoms with Crippen molar-refractivity contribution < 1.29 is 37.4 Å². The van der Waals surface area contributed by atoms with Gasteiger partial charge in [-0.15, -0.1) is 0 Å². The van der Waals surface area contributed by atoms with Crippen molar-refractivity contribution in [2.24, 2.45) is 5.11 Å². The van der Waals surface area contributed by atoms with Crippen LogP contribution >= 0.6 is 7.75 Å². The summed E-state index contributed by atoms with van der Waals surface area (Å²) in [5.41, 5.74) is 5.71. The van der Waals surface area contributed by atoms with E-state index in [0.29, 0.717) is 0 Å². The van der Waals surface area contributed by atoms with Gasteiger partial charge in [-0.1, -0.05) is 5.11 Å². The first kappa shape index (κ1) is 28.1. The SMILES string of the molecule is COC(=O)[C@H](C)NP(=O)(OC[C@H]1O[C@@H](n2ccc(=O)[nH]c2=O)[C@](C)(N=[N+]=[N-])[C@@H]1O)Oc1ccc(F)cc1. The van der Waals surface area contributed by atoms with Crippen molar-refractivity contribution in [1.82, 2.24) is 14.6 Å². The van der Waals surface area contributed by atoms with E-state index in [1.54, 1.807) is 0 Å². The number of aliphatic hydroxyl groups excluding tert-OH is 1. The summed E-state index contributed by atoms with van der Waals surface area (Å²) in [6, 6.07) is 4.30. The van der Waals surface area contributed by atoms with Crippen LogP contribution in [-0.2, 0) is 23.4 Å². The predicted octanol–water partition coefficient (Wildman–Crippen LogP) is 1.36. The van der Waals surface area contributed by atoms with Gasteiger partial charge < -0.3 is 19.1 Å². The number of rotatable bonds is 10. The maximum absolute atomic E-state index is 13.5. The standard InChI is InChI=1S/C20H24FN6O9P/c1-11(17(30)33-3)24-37(32,36-13-6-4-12(21)5-7-13)34-10-14-16(29)20(2,25-26-22)18(35-14)27-9-8-15(28)23-19(27)31/h4-9,11,14,16,18,29H,10H2,1-3H3,(H,24,32)(H,23,28,31)/t11-,14+,16+,18+,20+,37?/m0/s1. The Bertz CT molecular complexity index is 1340. The number of nitrogens with zero attached hydrogens (tertiary/aromatic N) is 4. The maximum Gasteiger partial charge on any atom is 0.459 e. The van der Waals surface area contributed by atoms with Crippen LogP contribution in [0.5, 0.6) is 5.75 Å². The van der Waals surface area contributed by atoms with E-state index in [2.05, 4.69) is 19.9 Å². The van der Waals surface area contributed by atoms with Crippen LogP contribution < -0.4 is 20.9 Å². The Balaban J connectivity index is 1.88. The third kappa shape index (κ3) is 6.25. The minimum absolute atomic E-state index is 0.0706. The largest absolute Gasteiger partial charge is 0.468 e. The van der Waals surface area contributed by atoms with Crippen molar-refractivity contribution in [3.05, 3.63) is 73.6 Å². The van der Waals surface area contributed by atoms with E-state index < -0.39 is 67.4 Å². The lowest BCUT2D eigenvalue weighted by molar-refractivity contribution is -0.142. The van der Waals surface area contributed by atoms with Crippen molar-refractivity contribution in [3.8, 4) is 5.75 Å². The number of aromatic amines is 1. The van der Waals surface area contributed by atoms with Crippen molar-refractivity contribution in [3.63, 3.8) is 0 Å². The van der Waals surface area contributed by atoms with Crippen LogP contribution in [-0.4, -0.2) is 58.1 Å². The lowest BCUT2D eigenvalue weighted by Crippen LogP contribution is -2.45. The van der Waals surface area contributed by atoms with Gasteiger partial charge in [0.2, 0.25) is 0 Å². The highest BCUT2D eigenvalue weighted by Crippen LogP contribution is 2.47. The molecule has 1 unspecified atom stereocenters. The molecule has 6 atom stereocenters. The molecule has 0 bridgehead atoms. The molecule has 0 amide bonds. The number of carbonyl (C=O) groups excluding carboxylic acids is 1. The molecule has 37 heavy (non-hydrogen) atoms. The number of aliphatic hydroxyl groups is 1. The molecular weight excluding hydrogens is 518 g/mol. The van der Waals surface area contributed by atoms with E-state index >= 15 is 0 Å². The number of hydrogen-bond donors (Lipinski definition) is 3. The summed E-state index contributed by atoms with van der Waals surface area (Å²) in [5.74, 6) is -1.45. The topological polar surface area (TPSA) is 207 Å². The fourth-order valence-corrected chi connectivity index (χ4v) is 5.06. The van der Waals surface area contributed by atoms with E-state index in [4.69, 9.17) is 19.3 Å². The average molecular weight is 542 g/mol. The van der Waals surface area contributed by atoms with Crippen LogP contribution in [0, 0.1) is 5.82 Å². The van der Waals surface area contributed by atoms with E-state index in [0.717, 1.165) is 36.1 Å². The molecule has 200 valence electrons. The lowest BCUT2D eigenvalue weighted by atomic mass is 9.93. The summed E-state index contributed by atoms with van der Waals surface area (Å²) in [4.78, 5) is 40.4. The smallest absolute Gasteiger partial charge is 0.459 e. The van der Waals surface area contributed by atoms with E-state index in [1.165, 1.54) is 26.0 Å². The molecule has 1 aromatic heterocycles. The first-order chi connectivity index (χ1) is 17.4. The number of H-pyrrole nitrogens is 1. The van der Waals surface area contributed by atoms with Gasteiger partial charge in [0.25, 0.3) is 5.56 Å². The van der Waals surface area contributed by atoms with Crippen LogP contribution in [0.2, 0.25) is 0 Å². The minimum atomic E-state index is -4.41. The zero-order chi connectivity index (χ0) is 27.4. The van der Waals surface area contributed by atoms with Crippen LogP contribution in [0.25, 0.3) is 10.4 Å². The van der Waals surface area contributed by atoms with Gasteiger partial charge >= 0.3 is 19.4 Å². The molecule has 0 spiro atoms. The van der Waals surface area contributed by atoms with Gasteiger partial charge in [0.1, 0.15) is 29.3 Å². The fourth-order valence-electron chi connectivity index (χ4n) is 3.56. The summed E-state index contributed by atoms with van der Waals surface area (Å²) in [6.45, 7) is 1.99. The Kier molecular flexibility index (Phi) is 8.53. The number of nitrogens with one attached hydrogen (secondary N) is 2. The van der Waals surface area contributed by atoms with E-state index in [9.17, 15) is 28.4 Å². The van der Waals surface area contributed by atoms with Gasteiger partial charge in [-0.25, -0.2) is 13.8 Å². The summed E-state index contributed by atoms with van der Waals surface area (Å²) < 4.78 is 48.9. The number of hydrogen-bond acceptors (Lipinski definition) is 10. The second-order valence-corrected chi connectivity index (χ2v) is 9.81. The molecule has 2 heterocycles. The number of azide groups is 1. The molecule has 0 saturated carbocycles. The predicted molar refractivity (Wildman–Crippen MR) is 124 cm³/mol. The fraction of sp³-hybridized carbons (Fsp3) is 0.450. The monoisotopic (exact) mass is 542 g/mol. The number of methoxy groups -OCH3 is 1. The van der Waals surface area contributed by atoms with E-state index in [-0.39, 0.29) is 5.75 Å². The number of halogens is 1. The second kappa shape index (κ2) is 11.3. The highest BCUT2D eigenvalue weighted by atomic mass is 31.2. The first-order valence-electron chi connectivity index (χ1n) is 10.7. The number of carbonyl (C=O) groups is 1. The molecule has 0 radical (unpaired) electrons. The van der Waals surface area contributed by atoms with Gasteiger partial charge in [-0.3, -0.25) is 23.7 Å². The molecule has 0 aliphatic carbocycles. The summed E-state index contributed by atoms with van der Waals surface area (Å²) in [6.07, 6.45) is -3.23. The summed E-state index contributed by atoms with van der Waals surface area (Å²) in [7, 11) is -3.29. The molecule has 1 aliphatic heterocycles. The normalized spacial score (nSPS) is 25.5. The Morgan fingerprint density at radius 3 is 2.68 bits per heavy atom. The van der Waals surface area contributed by atoms with Crippen LogP contribution in [0.4, 0.5) is 4.39 Å². The Hall–Kier alpha value is -3.52. The Labute approximate surface area is 208 Å². The minimum Gasteiger partial charge on any atom is -0.468 e. The van der Waals surface area contributed by atoms with E-state index in [1.807, 2.05) is 4.98 Å². The average Bonchev–Trinajstić information content (AvgIpc) is 3.09. The summed E-state index contributed by atoms with van der Waals surface area (Å²) >= 11 is 0. The quantitative estimate of drug-likeness (QED) is 0.129. The van der Waals surface area contributed by atoms with Crippen LogP contribution in [0.3, 0.4) is 0 Å². The highest BCUT2D eigenvalue weighted by Gasteiger charge is 2.54. The summed E-state index contributed by atoms with van der Waals surface area (Å²) in [5, 5.41) is 16.9. The molecule has 3 rings (SSSR count). The van der Waals surface area contributed by atoms with Crippen molar-refractivity contribution in [2.75, 3.05) is 13.7 Å². The lowest BCUT2D eigenvalue weighted by Gasteiger charge is -2.28. The molecule has 1 saturated heterocycles. The molecule has 17 heteroatoms. The zero-order valence-corrected chi connectivity index (χ0v) is 20.7. The number of benzene rings is 1. The van der Waals surface area contributed by atoms with Gasteiger partial charge in [-0.05, 0) is 43.6 Å². The molecule has 1 fully saturated rings. The number of aromatic nitrogens is 2. The zero-order valence-electron chi connectivity index (χ0n) is 19.8. The molecule has 15 nitrogen and oxygen atoms in total. The van der Waals surface area contributed by atoms with Gasteiger partial charge in [-0.2, -0.15) is 5.09 Å². The molecular formula is C20H24FN6O9P. The van der Waals surface area contributed by atoms with Crippen LogP contribution in [0.1, 0.15) is 20.1 Å². The van der Waals surface area contributed by atoms with Gasteiger partial charge in [0.05, 0.1) is 19.8 Å². The maximum atomic E-state index is 13.5. The van der Waals surface area contributed by atoms with Crippen molar-refractivity contribution in [2.45, 2.75) is 43.9 Å². The van der Waals surface area contributed by atoms with Crippen LogP contribution in [0.15, 0.2) is 51.2 Å². The first-order valence-corrected chi connectivity index (χ1v) is 12.2. The second-order valence-electron chi connectivity index (χ2n) is 8.12. The van der Waals surface area contributed by atoms with Crippen molar-refractivity contribution >= 4 is 13.7 Å². The Morgan fingerprint density at radius 1 is 1.41 bits per heavy atom. The molecule has 1 aliphatic rings. The molecule has 1 aromatic carbocycles. The van der Waals surface area contributed by atoms with Gasteiger partial charge in [0, 0.05) is 17.2 Å². The molecule has 3 N–H and O–H groups in total. The van der Waals surface area contributed by atoms with Crippen molar-refractivity contribution in [1.29, 1.82) is 0 Å². The highest BCUT2D eigenvalue weighted by molar-refractivity contribution is 7.52. The third-order valence-corrected chi connectivity index (χ3v) is 7.12. The molecule has 2 aromatic rings. The van der Waals surface area contributed by atoms with Gasteiger partial charge in [0.15, 0.2) is 6.23 Å².